The van der Waals surface area contributed by atoms with Crippen LogP contribution in [-0.2, 0) is 0 Å². The molecule has 19 heavy (non-hydrogen) atoms. The van der Waals surface area contributed by atoms with Crippen molar-refractivity contribution in [3.8, 4) is 0 Å². The molecule has 0 bridgehead atoms. The van der Waals surface area contributed by atoms with Gasteiger partial charge in [0.1, 0.15) is 5.69 Å². The highest BCUT2D eigenvalue weighted by atomic mass is 32.1. The average molecular weight is 275 g/mol. The van der Waals surface area contributed by atoms with Crippen LogP contribution in [0.25, 0.3) is 0 Å². The molecule has 1 unspecified atom stereocenters. The lowest BCUT2D eigenvalue weighted by Crippen LogP contribution is -2.28. The summed E-state index contributed by atoms with van der Waals surface area (Å²) in [5, 5.41) is 5.11. The number of benzene rings is 1. The predicted molar refractivity (Wildman–Crippen MR) is 78.1 cm³/mol. The van der Waals surface area contributed by atoms with Crippen molar-refractivity contribution in [3.63, 3.8) is 0 Å². The number of anilines is 1. The molecule has 5 heteroatoms. The molecule has 0 aliphatic heterocycles. The number of carbonyl (C=O) groups is 1. The largest absolute Gasteiger partial charge is 0.375 e. The predicted octanol–water partition coefficient (Wildman–Crippen LogP) is 3.00. The third-order valence-electron chi connectivity index (χ3n) is 2.84. The number of nitrogens with zero attached hydrogens (tertiary/aromatic N) is 1. The molecule has 4 nitrogen and oxygen atoms in total. The Morgan fingerprint density at radius 3 is 2.74 bits per heavy atom. The molecule has 1 atom stereocenters. The van der Waals surface area contributed by atoms with E-state index in [4.69, 9.17) is 5.73 Å². The molecule has 2 rings (SSSR count). The van der Waals surface area contributed by atoms with Crippen molar-refractivity contribution in [2.75, 3.05) is 5.73 Å². The Kier molecular flexibility index (Phi) is 4.52. The summed E-state index contributed by atoms with van der Waals surface area (Å²) in [6.07, 6.45) is 1.90. The average Bonchev–Trinajstić information content (AvgIpc) is 2.86. The molecular formula is C14H17N3OS. The molecule has 1 amide bonds. The Labute approximate surface area is 116 Å². The van der Waals surface area contributed by atoms with E-state index in [0.717, 1.165) is 18.4 Å². The van der Waals surface area contributed by atoms with Crippen LogP contribution >= 0.6 is 11.3 Å². The van der Waals surface area contributed by atoms with Gasteiger partial charge in [-0.1, -0.05) is 43.7 Å². The number of hydrogen-bond donors (Lipinski definition) is 2. The quantitative estimate of drug-likeness (QED) is 0.881. The smallest absolute Gasteiger partial charge is 0.271 e. The second kappa shape index (κ2) is 6.33. The Bertz CT molecular complexity index is 539. The first-order chi connectivity index (χ1) is 9.20. The Hall–Kier alpha value is -1.88. The van der Waals surface area contributed by atoms with Gasteiger partial charge in [0.05, 0.1) is 6.04 Å². The summed E-state index contributed by atoms with van der Waals surface area (Å²) in [6.45, 7) is 2.10. The number of nitrogens with two attached hydrogens (primary N) is 1. The number of rotatable bonds is 5. The van der Waals surface area contributed by atoms with Gasteiger partial charge in [0.15, 0.2) is 5.13 Å². The Morgan fingerprint density at radius 1 is 1.42 bits per heavy atom. The van der Waals surface area contributed by atoms with Gasteiger partial charge in [-0.25, -0.2) is 4.98 Å². The van der Waals surface area contributed by atoms with E-state index in [-0.39, 0.29) is 11.9 Å². The molecule has 0 aliphatic carbocycles. The Balaban J connectivity index is 2.11. The summed E-state index contributed by atoms with van der Waals surface area (Å²) in [5.41, 5.74) is 7.04. The van der Waals surface area contributed by atoms with E-state index in [0.29, 0.717) is 10.8 Å². The molecule has 0 aliphatic rings. The van der Waals surface area contributed by atoms with Crippen molar-refractivity contribution in [2.45, 2.75) is 25.8 Å². The normalized spacial score (nSPS) is 12.1. The summed E-state index contributed by atoms with van der Waals surface area (Å²) in [4.78, 5) is 16.1. The van der Waals surface area contributed by atoms with Crippen LogP contribution in [0.15, 0.2) is 35.7 Å². The molecule has 0 fully saturated rings. The van der Waals surface area contributed by atoms with Crippen molar-refractivity contribution in [2.24, 2.45) is 0 Å². The van der Waals surface area contributed by atoms with Crippen LogP contribution in [-0.4, -0.2) is 10.9 Å². The molecule has 100 valence electrons. The summed E-state index contributed by atoms with van der Waals surface area (Å²) < 4.78 is 0. The van der Waals surface area contributed by atoms with E-state index in [2.05, 4.69) is 17.2 Å². The second-order valence-corrected chi connectivity index (χ2v) is 5.19. The fraction of sp³-hybridized carbons (Fsp3) is 0.286. The molecule has 2 aromatic rings. The van der Waals surface area contributed by atoms with Crippen molar-refractivity contribution in [1.29, 1.82) is 0 Å². The van der Waals surface area contributed by atoms with E-state index in [1.807, 2.05) is 30.3 Å². The summed E-state index contributed by atoms with van der Waals surface area (Å²) >= 11 is 1.27. The van der Waals surface area contributed by atoms with Crippen LogP contribution in [0.2, 0.25) is 0 Å². The van der Waals surface area contributed by atoms with E-state index in [1.165, 1.54) is 11.3 Å². The minimum Gasteiger partial charge on any atom is -0.375 e. The molecule has 0 saturated carbocycles. The second-order valence-electron chi connectivity index (χ2n) is 4.30. The zero-order chi connectivity index (χ0) is 13.7. The lowest BCUT2D eigenvalue weighted by Gasteiger charge is -2.17. The first kappa shape index (κ1) is 13.5. The number of amides is 1. The van der Waals surface area contributed by atoms with E-state index >= 15 is 0 Å². The van der Waals surface area contributed by atoms with Gasteiger partial charge in [-0.2, -0.15) is 0 Å². The monoisotopic (exact) mass is 275 g/mol. The number of carbonyl (C=O) groups excluding carboxylic acids is 1. The first-order valence-corrected chi connectivity index (χ1v) is 7.15. The molecule has 0 radical (unpaired) electrons. The SMILES string of the molecule is CCCC(NC(=O)c1csc(N)n1)c1ccccc1. The lowest BCUT2D eigenvalue weighted by atomic mass is 10.0. The van der Waals surface area contributed by atoms with Gasteiger partial charge in [-0.15, -0.1) is 11.3 Å². The van der Waals surface area contributed by atoms with E-state index < -0.39 is 0 Å². The van der Waals surface area contributed by atoms with Crippen molar-refractivity contribution in [1.82, 2.24) is 10.3 Å². The number of nitrogens with one attached hydrogen (secondary N) is 1. The van der Waals surface area contributed by atoms with Crippen molar-refractivity contribution in [3.05, 3.63) is 47.0 Å². The number of hydrogen-bond acceptors (Lipinski definition) is 4. The van der Waals surface area contributed by atoms with E-state index in [9.17, 15) is 4.79 Å². The maximum Gasteiger partial charge on any atom is 0.271 e. The standard InChI is InChI=1S/C14H17N3OS/c1-2-6-11(10-7-4-3-5-8-10)16-13(18)12-9-19-14(15)17-12/h3-5,7-9,11H,2,6H2,1H3,(H2,15,17)(H,16,18). The highest BCUT2D eigenvalue weighted by molar-refractivity contribution is 7.13. The minimum atomic E-state index is -0.171. The van der Waals surface area contributed by atoms with Gasteiger partial charge in [0.25, 0.3) is 5.91 Å². The van der Waals surface area contributed by atoms with Crippen LogP contribution in [0.4, 0.5) is 5.13 Å². The van der Waals surface area contributed by atoms with Gasteiger partial charge in [0, 0.05) is 5.38 Å². The van der Waals surface area contributed by atoms with Crippen LogP contribution < -0.4 is 11.1 Å². The molecule has 1 aromatic carbocycles. The topological polar surface area (TPSA) is 68.0 Å². The molecule has 3 N–H and O–H groups in total. The maximum atomic E-state index is 12.1. The van der Waals surface area contributed by atoms with Gasteiger partial charge in [0.2, 0.25) is 0 Å². The highest BCUT2D eigenvalue weighted by Crippen LogP contribution is 2.19. The zero-order valence-corrected chi connectivity index (χ0v) is 11.6. The zero-order valence-electron chi connectivity index (χ0n) is 10.8. The molecular weight excluding hydrogens is 258 g/mol. The first-order valence-electron chi connectivity index (χ1n) is 6.27. The van der Waals surface area contributed by atoms with Gasteiger partial charge in [-0.3, -0.25) is 4.79 Å². The fourth-order valence-corrected chi connectivity index (χ4v) is 2.46. The van der Waals surface area contributed by atoms with Gasteiger partial charge >= 0.3 is 0 Å². The molecule has 0 spiro atoms. The number of aromatic nitrogens is 1. The molecule has 0 saturated heterocycles. The van der Waals surface area contributed by atoms with Crippen LogP contribution in [0, 0.1) is 0 Å². The lowest BCUT2D eigenvalue weighted by molar-refractivity contribution is 0.0930. The minimum absolute atomic E-state index is 0.0154. The number of nitrogen functional groups attached to an aromatic ring is 1. The highest BCUT2D eigenvalue weighted by Gasteiger charge is 2.16. The Morgan fingerprint density at radius 2 is 2.16 bits per heavy atom. The van der Waals surface area contributed by atoms with Crippen LogP contribution in [0.3, 0.4) is 0 Å². The third kappa shape index (κ3) is 3.54. The fourth-order valence-electron chi connectivity index (χ4n) is 1.92. The summed E-state index contributed by atoms with van der Waals surface area (Å²) in [6, 6.07) is 9.99. The third-order valence-corrected chi connectivity index (χ3v) is 3.51. The van der Waals surface area contributed by atoms with Gasteiger partial charge in [-0.05, 0) is 12.0 Å². The van der Waals surface area contributed by atoms with E-state index in [1.54, 1.807) is 5.38 Å². The number of thiazole rings is 1. The van der Waals surface area contributed by atoms with Crippen LogP contribution in [0.1, 0.15) is 41.9 Å². The summed E-state index contributed by atoms with van der Waals surface area (Å²) in [7, 11) is 0. The van der Waals surface area contributed by atoms with Crippen molar-refractivity contribution >= 4 is 22.4 Å². The van der Waals surface area contributed by atoms with Crippen molar-refractivity contribution < 1.29 is 4.79 Å². The molecule has 1 heterocycles. The van der Waals surface area contributed by atoms with Gasteiger partial charge < -0.3 is 11.1 Å². The summed E-state index contributed by atoms with van der Waals surface area (Å²) in [5.74, 6) is -0.171. The van der Waals surface area contributed by atoms with Crippen LogP contribution in [0.5, 0.6) is 0 Å². The molecule has 1 aromatic heterocycles. The maximum absolute atomic E-state index is 12.1.